The molecular formula is C30H39N7O2. The Morgan fingerprint density at radius 1 is 1.05 bits per heavy atom. The van der Waals surface area contributed by atoms with Gasteiger partial charge in [-0.1, -0.05) is 26.0 Å². The molecule has 39 heavy (non-hydrogen) atoms. The van der Waals surface area contributed by atoms with E-state index < -0.39 is 0 Å². The van der Waals surface area contributed by atoms with Crippen LogP contribution in [0.25, 0.3) is 11.0 Å². The number of fused-ring (bicyclic) bond motifs is 1. The van der Waals surface area contributed by atoms with Gasteiger partial charge >= 0.3 is 5.69 Å². The molecule has 2 aliphatic rings. The zero-order valence-corrected chi connectivity index (χ0v) is 23.7. The van der Waals surface area contributed by atoms with Crippen LogP contribution in [0, 0.1) is 17.2 Å². The summed E-state index contributed by atoms with van der Waals surface area (Å²) in [5, 5.41) is 9.45. The standard InChI is InChI=1S/C30H39N7O2/c1-6-24-18-36(29-28-27(35(5)30(38)33-29)13-10-23(14-31)32-28)20(3)15-37(24)26(7-2)22-8-11-25(12-9-22)39-19-21-16-34(4)17-21/h8-13,20-21,24,26H,6-7,15-19H2,1-5H3/t20-,24+,26?/m0/s1. The summed E-state index contributed by atoms with van der Waals surface area (Å²) in [7, 11) is 3.83. The lowest BCUT2D eigenvalue weighted by Gasteiger charge is -2.49. The molecule has 0 N–H and O–H groups in total. The molecule has 0 aliphatic carbocycles. The number of rotatable bonds is 8. The highest BCUT2D eigenvalue weighted by Crippen LogP contribution is 2.34. The minimum Gasteiger partial charge on any atom is -0.493 e. The van der Waals surface area contributed by atoms with Gasteiger partial charge in [0.25, 0.3) is 0 Å². The maximum absolute atomic E-state index is 12.8. The second-order valence-electron chi connectivity index (χ2n) is 11.1. The number of hydrogen-bond donors (Lipinski definition) is 0. The van der Waals surface area contributed by atoms with Crippen molar-refractivity contribution in [3.8, 4) is 11.8 Å². The zero-order valence-electron chi connectivity index (χ0n) is 23.7. The quantitative estimate of drug-likeness (QED) is 0.437. The molecule has 3 atom stereocenters. The fourth-order valence-corrected chi connectivity index (χ4v) is 6.17. The number of benzene rings is 1. The SMILES string of the molecule is CCC(c1ccc(OCC2CN(C)C2)cc1)N1C[C@H](C)N(c2nc(=O)n(C)c3ccc(C#N)nc23)C[C@H]1CC. The van der Waals surface area contributed by atoms with Crippen LogP contribution < -0.4 is 15.3 Å². The normalized spacial score (nSPS) is 21.5. The molecule has 3 aromatic rings. The second-order valence-corrected chi connectivity index (χ2v) is 11.1. The molecule has 0 bridgehead atoms. The first-order valence-electron chi connectivity index (χ1n) is 14.0. The van der Waals surface area contributed by atoms with Gasteiger partial charge in [-0.3, -0.25) is 9.47 Å². The third-order valence-corrected chi connectivity index (χ3v) is 8.35. The summed E-state index contributed by atoms with van der Waals surface area (Å²) in [6.07, 6.45) is 1.97. The number of likely N-dealkylation sites (tertiary alicyclic amines) is 1. The van der Waals surface area contributed by atoms with E-state index in [-0.39, 0.29) is 23.8 Å². The van der Waals surface area contributed by atoms with Crippen LogP contribution >= 0.6 is 0 Å². The Hall–Kier alpha value is -3.48. The number of piperazine rings is 1. The summed E-state index contributed by atoms with van der Waals surface area (Å²) < 4.78 is 7.55. The largest absolute Gasteiger partial charge is 0.493 e. The Morgan fingerprint density at radius 3 is 2.44 bits per heavy atom. The van der Waals surface area contributed by atoms with E-state index in [0.717, 1.165) is 51.4 Å². The predicted molar refractivity (Wildman–Crippen MR) is 153 cm³/mol. The minimum atomic E-state index is -0.315. The number of hydrogen-bond acceptors (Lipinski definition) is 8. The van der Waals surface area contributed by atoms with E-state index in [9.17, 15) is 10.1 Å². The van der Waals surface area contributed by atoms with E-state index in [1.165, 1.54) is 10.1 Å². The molecule has 2 saturated heterocycles. The lowest BCUT2D eigenvalue weighted by molar-refractivity contribution is 0.0855. The lowest BCUT2D eigenvalue weighted by atomic mass is 9.96. The number of ether oxygens (including phenoxy) is 1. The number of aromatic nitrogens is 3. The third kappa shape index (κ3) is 5.36. The van der Waals surface area contributed by atoms with Crippen LogP contribution in [-0.2, 0) is 7.05 Å². The van der Waals surface area contributed by atoms with Crippen LogP contribution in [0.5, 0.6) is 5.75 Å². The fraction of sp³-hybridized carbons (Fsp3) is 0.533. The molecule has 2 fully saturated rings. The molecular weight excluding hydrogens is 490 g/mol. The third-order valence-electron chi connectivity index (χ3n) is 8.35. The van der Waals surface area contributed by atoms with E-state index in [0.29, 0.717) is 28.5 Å². The number of aryl methyl sites for hydroxylation is 1. The van der Waals surface area contributed by atoms with Gasteiger partial charge in [-0.15, -0.1) is 0 Å². The van der Waals surface area contributed by atoms with Gasteiger partial charge in [-0.2, -0.15) is 10.2 Å². The number of pyridine rings is 1. The molecule has 206 valence electrons. The first kappa shape index (κ1) is 27.1. The summed E-state index contributed by atoms with van der Waals surface area (Å²) in [5.41, 5.74) is 2.59. The van der Waals surface area contributed by atoms with Gasteiger partial charge < -0.3 is 14.5 Å². The highest BCUT2D eigenvalue weighted by Gasteiger charge is 2.36. The maximum atomic E-state index is 12.8. The maximum Gasteiger partial charge on any atom is 0.349 e. The van der Waals surface area contributed by atoms with Gasteiger partial charge in [-0.25, -0.2) is 9.78 Å². The van der Waals surface area contributed by atoms with Crippen molar-refractivity contribution in [2.75, 3.05) is 44.7 Å². The molecule has 1 unspecified atom stereocenters. The monoisotopic (exact) mass is 529 g/mol. The minimum absolute atomic E-state index is 0.111. The molecule has 4 heterocycles. The summed E-state index contributed by atoms with van der Waals surface area (Å²) in [5.74, 6) is 2.13. The molecule has 2 aliphatic heterocycles. The molecule has 2 aromatic heterocycles. The highest BCUT2D eigenvalue weighted by atomic mass is 16.5. The van der Waals surface area contributed by atoms with Crippen molar-refractivity contribution in [2.45, 2.75) is 51.7 Å². The van der Waals surface area contributed by atoms with E-state index in [4.69, 9.17) is 4.74 Å². The Morgan fingerprint density at radius 2 is 1.79 bits per heavy atom. The van der Waals surface area contributed by atoms with Gasteiger partial charge in [0.2, 0.25) is 0 Å². The van der Waals surface area contributed by atoms with Crippen LogP contribution in [0.15, 0.2) is 41.2 Å². The Bertz CT molecular complexity index is 1410. The predicted octanol–water partition coefficient (Wildman–Crippen LogP) is 3.58. The molecule has 1 aromatic carbocycles. The average molecular weight is 530 g/mol. The lowest BCUT2D eigenvalue weighted by Crippen LogP contribution is -2.58. The first-order chi connectivity index (χ1) is 18.8. The highest BCUT2D eigenvalue weighted by molar-refractivity contribution is 5.86. The zero-order chi connectivity index (χ0) is 27.7. The average Bonchev–Trinajstić information content (AvgIpc) is 2.93. The fourth-order valence-electron chi connectivity index (χ4n) is 6.17. The molecule has 9 heteroatoms. The summed E-state index contributed by atoms with van der Waals surface area (Å²) in [6.45, 7) is 11.2. The van der Waals surface area contributed by atoms with Gasteiger partial charge in [0.15, 0.2) is 5.82 Å². The van der Waals surface area contributed by atoms with E-state index in [1.807, 2.05) is 0 Å². The van der Waals surface area contributed by atoms with Crippen molar-refractivity contribution in [1.82, 2.24) is 24.3 Å². The van der Waals surface area contributed by atoms with Crippen molar-refractivity contribution >= 4 is 16.9 Å². The first-order valence-corrected chi connectivity index (χ1v) is 14.0. The Kier molecular flexibility index (Phi) is 7.87. The molecule has 0 amide bonds. The Labute approximate surface area is 230 Å². The van der Waals surface area contributed by atoms with Crippen LogP contribution in [0.3, 0.4) is 0 Å². The molecule has 5 rings (SSSR count). The van der Waals surface area contributed by atoms with Gasteiger partial charge in [-0.05, 0) is 56.6 Å². The van der Waals surface area contributed by atoms with Crippen molar-refractivity contribution in [3.63, 3.8) is 0 Å². The van der Waals surface area contributed by atoms with Crippen LogP contribution in [0.2, 0.25) is 0 Å². The summed E-state index contributed by atoms with van der Waals surface area (Å²) in [6, 6.07) is 14.9. The van der Waals surface area contributed by atoms with Gasteiger partial charge in [0, 0.05) is 57.3 Å². The summed E-state index contributed by atoms with van der Waals surface area (Å²) >= 11 is 0. The van der Waals surface area contributed by atoms with Crippen molar-refractivity contribution < 1.29 is 4.74 Å². The Balaban J connectivity index is 1.37. The molecule has 0 saturated carbocycles. The van der Waals surface area contributed by atoms with E-state index >= 15 is 0 Å². The molecule has 9 nitrogen and oxygen atoms in total. The van der Waals surface area contributed by atoms with Crippen molar-refractivity contribution in [2.24, 2.45) is 13.0 Å². The molecule has 0 spiro atoms. The molecule has 0 radical (unpaired) electrons. The van der Waals surface area contributed by atoms with Crippen LogP contribution in [-0.4, -0.2) is 76.3 Å². The van der Waals surface area contributed by atoms with E-state index in [1.54, 1.807) is 19.2 Å². The smallest absolute Gasteiger partial charge is 0.349 e. The second kappa shape index (κ2) is 11.3. The number of anilines is 1. The van der Waals surface area contributed by atoms with Crippen LogP contribution in [0.1, 0.15) is 50.9 Å². The summed E-state index contributed by atoms with van der Waals surface area (Å²) in [4.78, 5) is 28.9. The van der Waals surface area contributed by atoms with Crippen LogP contribution in [0.4, 0.5) is 5.82 Å². The topological polar surface area (TPSA) is 90.5 Å². The van der Waals surface area contributed by atoms with Gasteiger partial charge in [0.1, 0.15) is 23.0 Å². The number of nitriles is 1. The van der Waals surface area contributed by atoms with Crippen molar-refractivity contribution in [1.29, 1.82) is 5.26 Å². The van der Waals surface area contributed by atoms with Gasteiger partial charge in [0.05, 0.1) is 12.1 Å². The van der Waals surface area contributed by atoms with Crippen molar-refractivity contribution in [3.05, 3.63) is 58.1 Å². The number of nitrogens with zero attached hydrogens (tertiary/aromatic N) is 7. The van der Waals surface area contributed by atoms with E-state index in [2.05, 4.69) is 82.8 Å².